The van der Waals surface area contributed by atoms with Gasteiger partial charge in [0, 0.05) is 18.3 Å². The van der Waals surface area contributed by atoms with Crippen LogP contribution in [-0.2, 0) is 19.6 Å². The second kappa shape index (κ2) is 8.81. The highest BCUT2D eigenvalue weighted by Gasteiger charge is 2.25. The molecule has 2 aromatic rings. The predicted octanol–water partition coefficient (Wildman–Crippen LogP) is 2.10. The minimum atomic E-state index is -4.22. The number of sulfonamides is 1. The zero-order valence-corrected chi connectivity index (χ0v) is 16.3. The first-order valence-corrected chi connectivity index (χ1v) is 9.65. The van der Waals surface area contributed by atoms with Gasteiger partial charge in [-0.25, -0.2) is 12.8 Å². The molecule has 8 nitrogen and oxygen atoms in total. The Hall–Kier alpha value is -2.98. The van der Waals surface area contributed by atoms with Crippen LogP contribution in [0.3, 0.4) is 0 Å². The van der Waals surface area contributed by atoms with Gasteiger partial charge in [0.1, 0.15) is 16.5 Å². The minimum Gasteiger partial charge on any atom is -0.495 e. The first kappa shape index (κ1) is 21.3. The van der Waals surface area contributed by atoms with Gasteiger partial charge in [-0.3, -0.25) is 9.59 Å². The van der Waals surface area contributed by atoms with E-state index >= 15 is 0 Å². The van der Waals surface area contributed by atoms with Gasteiger partial charge < -0.3 is 15.4 Å². The summed E-state index contributed by atoms with van der Waals surface area (Å²) >= 11 is 0. The van der Waals surface area contributed by atoms with Crippen molar-refractivity contribution in [2.24, 2.45) is 0 Å². The maximum atomic E-state index is 13.5. The van der Waals surface area contributed by atoms with Crippen molar-refractivity contribution in [1.82, 2.24) is 4.72 Å². The molecular formula is C18H20FN3O5S. The molecule has 2 rings (SSSR count). The lowest BCUT2D eigenvalue weighted by molar-refractivity contribution is -0.117. The van der Waals surface area contributed by atoms with Crippen LogP contribution in [0.2, 0.25) is 0 Å². The molecule has 0 aliphatic carbocycles. The molecule has 3 N–H and O–H groups in total. The molecule has 10 heteroatoms. The minimum absolute atomic E-state index is 0.0514. The van der Waals surface area contributed by atoms with E-state index in [9.17, 15) is 22.4 Å². The number of hydrogen-bond donors (Lipinski definition) is 3. The molecule has 0 aliphatic rings. The summed E-state index contributed by atoms with van der Waals surface area (Å²) in [6.07, 6.45) is 0. The lowest BCUT2D eigenvalue weighted by Gasteiger charge is -2.16. The molecule has 0 heterocycles. The lowest BCUT2D eigenvalue weighted by atomic mass is 10.2. The average Bonchev–Trinajstić information content (AvgIpc) is 2.61. The molecule has 0 bridgehead atoms. The number of nitrogens with one attached hydrogen (secondary N) is 3. The normalized spacial score (nSPS) is 12.1. The zero-order valence-electron chi connectivity index (χ0n) is 15.4. The monoisotopic (exact) mass is 409 g/mol. The summed E-state index contributed by atoms with van der Waals surface area (Å²) < 4.78 is 45.6. The van der Waals surface area contributed by atoms with Crippen LogP contribution in [0.25, 0.3) is 0 Å². The fourth-order valence-corrected chi connectivity index (χ4v) is 3.72. The average molecular weight is 409 g/mol. The third-order valence-electron chi connectivity index (χ3n) is 3.59. The first-order valence-electron chi connectivity index (χ1n) is 8.17. The highest BCUT2D eigenvalue weighted by molar-refractivity contribution is 7.89. The number of amides is 2. The van der Waals surface area contributed by atoms with E-state index in [1.165, 1.54) is 33.1 Å². The third kappa shape index (κ3) is 5.51. The van der Waals surface area contributed by atoms with E-state index in [1.807, 2.05) is 0 Å². The Morgan fingerprint density at radius 1 is 1.07 bits per heavy atom. The zero-order chi connectivity index (χ0) is 20.9. The number of halogens is 1. The Morgan fingerprint density at radius 3 is 2.32 bits per heavy atom. The SMILES string of the molecule is COc1ccc(F)cc1S(=O)(=O)NC(C)C(=O)Nc1cccc(NC(C)=O)c1. The molecule has 0 spiro atoms. The maximum Gasteiger partial charge on any atom is 0.245 e. The molecule has 1 atom stereocenters. The van der Waals surface area contributed by atoms with Crippen molar-refractivity contribution in [2.75, 3.05) is 17.7 Å². The second-order valence-electron chi connectivity index (χ2n) is 5.89. The van der Waals surface area contributed by atoms with Gasteiger partial charge >= 0.3 is 0 Å². The van der Waals surface area contributed by atoms with Crippen LogP contribution in [-0.4, -0.2) is 33.4 Å². The summed E-state index contributed by atoms with van der Waals surface area (Å²) in [4.78, 5) is 23.0. The van der Waals surface area contributed by atoms with E-state index in [0.717, 1.165) is 12.1 Å². The number of carbonyl (C=O) groups is 2. The molecule has 150 valence electrons. The van der Waals surface area contributed by atoms with Gasteiger partial charge in [0.2, 0.25) is 21.8 Å². The van der Waals surface area contributed by atoms with Crippen LogP contribution in [0, 0.1) is 5.82 Å². The summed E-state index contributed by atoms with van der Waals surface area (Å²) in [7, 11) is -2.96. The maximum absolute atomic E-state index is 13.5. The van der Waals surface area contributed by atoms with Crippen LogP contribution in [0.15, 0.2) is 47.4 Å². The highest BCUT2D eigenvalue weighted by Crippen LogP contribution is 2.24. The standard InChI is InChI=1S/C18H20FN3O5S/c1-11(18(24)21-15-6-4-5-14(10-15)20-12(2)23)22-28(25,26)17-9-13(19)7-8-16(17)27-3/h4-11,22H,1-3H3,(H,20,23)(H,21,24). The van der Waals surface area contributed by atoms with E-state index in [0.29, 0.717) is 11.4 Å². The molecule has 2 aromatic carbocycles. The molecule has 0 fully saturated rings. The van der Waals surface area contributed by atoms with Crippen LogP contribution in [0.4, 0.5) is 15.8 Å². The van der Waals surface area contributed by atoms with E-state index in [4.69, 9.17) is 4.74 Å². The van der Waals surface area contributed by atoms with E-state index in [-0.39, 0.29) is 11.7 Å². The highest BCUT2D eigenvalue weighted by atomic mass is 32.2. The summed E-state index contributed by atoms with van der Waals surface area (Å²) in [6, 6.07) is 8.26. The molecular weight excluding hydrogens is 389 g/mol. The Bertz CT molecular complexity index is 994. The molecule has 2 amide bonds. The quantitative estimate of drug-likeness (QED) is 0.648. The van der Waals surface area contributed by atoms with Gasteiger partial charge in [-0.1, -0.05) is 6.07 Å². The number of rotatable bonds is 7. The number of hydrogen-bond acceptors (Lipinski definition) is 5. The third-order valence-corrected chi connectivity index (χ3v) is 5.15. The van der Waals surface area contributed by atoms with Gasteiger partial charge in [0.15, 0.2) is 0 Å². The molecule has 0 radical (unpaired) electrons. The van der Waals surface area contributed by atoms with Gasteiger partial charge in [-0.15, -0.1) is 0 Å². The first-order chi connectivity index (χ1) is 13.1. The number of ether oxygens (including phenoxy) is 1. The Labute approximate surface area is 162 Å². The van der Waals surface area contributed by atoms with Gasteiger partial charge in [0.25, 0.3) is 0 Å². The van der Waals surface area contributed by atoms with E-state index in [2.05, 4.69) is 15.4 Å². The van der Waals surface area contributed by atoms with Crippen molar-refractivity contribution in [3.63, 3.8) is 0 Å². The summed E-state index contributed by atoms with van der Waals surface area (Å²) in [6.45, 7) is 2.69. The van der Waals surface area contributed by atoms with Crippen LogP contribution >= 0.6 is 0 Å². The topological polar surface area (TPSA) is 114 Å². The number of methoxy groups -OCH3 is 1. The van der Waals surface area contributed by atoms with Gasteiger partial charge in [0.05, 0.1) is 13.2 Å². The molecule has 1 unspecified atom stereocenters. The fraction of sp³-hybridized carbons (Fsp3) is 0.222. The lowest BCUT2D eigenvalue weighted by Crippen LogP contribution is -2.41. The summed E-state index contributed by atoms with van der Waals surface area (Å²) in [5.74, 6) is -1.72. The molecule has 0 saturated carbocycles. The Morgan fingerprint density at radius 2 is 1.71 bits per heavy atom. The summed E-state index contributed by atoms with van der Waals surface area (Å²) in [5, 5.41) is 5.12. The van der Waals surface area contributed by atoms with Crippen molar-refractivity contribution in [2.45, 2.75) is 24.8 Å². The van der Waals surface area contributed by atoms with Crippen LogP contribution in [0.1, 0.15) is 13.8 Å². The molecule has 0 aliphatic heterocycles. The Balaban J connectivity index is 2.14. The van der Waals surface area contributed by atoms with Crippen LogP contribution in [0.5, 0.6) is 5.75 Å². The second-order valence-corrected chi connectivity index (χ2v) is 7.57. The van der Waals surface area contributed by atoms with Gasteiger partial charge in [-0.2, -0.15) is 4.72 Å². The number of anilines is 2. The van der Waals surface area contributed by atoms with Crippen LogP contribution < -0.4 is 20.1 Å². The summed E-state index contributed by atoms with van der Waals surface area (Å²) in [5.41, 5.74) is 0.841. The largest absolute Gasteiger partial charge is 0.495 e. The van der Waals surface area contributed by atoms with Crippen molar-refractivity contribution >= 4 is 33.2 Å². The Kier molecular flexibility index (Phi) is 6.71. The van der Waals surface area contributed by atoms with Crippen molar-refractivity contribution in [1.29, 1.82) is 0 Å². The molecule has 28 heavy (non-hydrogen) atoms. The van der Waals surface area contributed by atoms with Crippen molar-refractivity contribution in [3.8, 4) is 5.75 Å². The van der Waals surface area contributed by atoms with Crippen molar-refractivity contribution in [3.05, 3.63) is 48.3 Å². The number of carbonyl (C=O) groups excluding carboxylic acids is 2. The number of benzene rings is 2. The molecule has 0 saturated heterocycles. The van der Waals surface area contributed by atoms with E-state index < -0.39 is 32.7 Å². The predicted molar refractivity (Wildman–Crippen MR) is 102 cm³/mol. The fourth-order valence-electron chi connectivity index (χ4n) is 2.34. The van der Waals surface area contributed by atoms with Crippen molar-refractivity contribution < 1.29 is 27.1 Å². The van der Waals surface area contributed by atoms with E-state index in [1.54, 1.807) is 18.2 Å². The van der Waals surface area contributed by atoms with Gasteiger partial charge in [-0.05, 0) is 43.3 Å². The smallest absolute Gasteiger partial charge is 0.245 e. The molecule has 0 aromatic heterocycles.